The lowest BCUT2D eigenvalue weighted by Gasteiger charge is -2.11. The normalized spacial score (nSPS) is 12.2. The second-order valence-electron chi connectivity index (χ2n) is 4.65. The van der Waals surface area contributed by atoms with Crippen LogP contribution in [-0.4, -0.2) is 25.2 Å². The van der Waals surface area contributed by atoms with Gasteiger partial charge in [-0.25, -0.2) is 0 Å². The second-order valence-corrected chi connectivity index (χ2v) is 4.65. The van der Waals surface area contributed by atoms with E-state index in [4.69, 9.17) is 4.74 Å². The van der Waals surface area contributed by atoms with Gasteiger partial charge in [-0.3, -0.25) is 4.98 Å². The highest BCUT2D eigenvalue weighted by molar-refractivity contribution is 5.66. The van der Waals surface area contributed by atoms with E-state index in [0.29, 0.717) is 6.04 Å². The number of aromatic nitrogens is 1. The second kappa shape index (κ2) is 6.34. The van der Waals surface area contributed by atoms with E-state index in [-0.39, 0.29) is 0 Å². The van der Waals surface area contributed by atoms with Crippen LogP contribution in [0.3, 0.4) is 0 Å². The molecule has 0 saturated heterocycles. The van der Waals surface area contributed by atoms with Crippen molar-refractivity contribution in [2.75, 3.05) is 14.2 Å². The molecule has 1 aromatic heterocycles. The maximum atomic E-state index is 5.34. The molecule has 0 spiro atoms. The van der Waals surface area contributed by atoms with Crippen LogP contribution in [0.4, 0.5) is 0 Å². The van der Waals surface area contributed by atoms with E-state index in [1.807, 2.05) is 19.2 Å². The summed E-state index contributed by atoms with van der Waals surface area (Å²) in [6, 6.07) is 12.8. The van der Waals surface area contributed by atoms with Crippen LogP contribution in [-0.2, 0) is 6.42 Å². The van der Waals surface area contributed by atoms with Gasteiger partial charge in [0.15, 0.2) is 0 Å². The van der Waals surface area contributed by atoms with Gasteiger partial charge < -0.3 is 10.1 Å². The van der Waals surface area contributed by atoms with Crippen LogP contribution in [0.2, 0.25) is 0 Å². The molecule has 19 heavy (non-hydrogen) atoms. The summed E-state index contributed by atoms with van der Waals surface area (Å²) < 4.78 is 5.34. The summed E-state index contributed by atoms with van der Waals surface area (Å²) in [5.41, 5.74) is 3.29. The molecule has 1 aromatic carbocycles. The number of nitrogens with one attached hydrogen (secondary N) is 1. The molecule has 0 saturated carbocycles. The fraction of sp³-hybridized carbons (Fsp3) is 0.312. The van der Waals surface area contributed by atoms with Gasteiger partial charge in [0.25, 0.3) is 0 Å². The minimum Gasteiger partial charge on any atom is -0.494 e. The molecule has 1 unspecified atom stereocenters. The van der Waals surface area contributed by atoms with Crippen molar-refractivity contribution >= 4 is 0 Å². The first-order valence-corrected chi connectivity index (χ1v) is 6.50. The van der Waals surface area contributed by atoms with E-state index in [9.17, 15) is 0 Å². The predicted molar refractivity (Wildman–Crippen MR) is 78.5 cm³/mol. The Hall–Kier alpha value is -1.87. The quantitative estimate of drug-likeness (QED) is 0.893. The topological polar surface area (TPSA) is 34.2 Å². The zero-order valence-corrected chi connectivity index (χ0v) is 11.7. The third kappa shape index (κ3) is 3.32. The van der Waals surface area contributed by atoms with Crippen LogP contribution in [0, 0.1) is 0 Å². The van der Waals surface area contributed by atoms with Gasteiger partial charge in [0, 0.05) is 17.8 Å². The highest BCUT2D eigenvalue weighted by atomic mass is 16.5. The Morgan fingerprint density at radius 1 is 1.21 bits per heavy atom. The number of methoxy groups -OCH3 is 1. The molecule has 2 rings (SSSR count). The molecule has 1 heterocycles. The van der Waals surface area contributed by atoms with Crippen molar-refractivity contribution < 1.29 is 4.74 Å². The Morgan fingerprint density at radius 2 is 1.95 bits per heavy atom. The third-order valence-electron chi connectivity index (χ3n) is 3.25. The zero-order valence-electron chi connectivity index (χ0n) is 11.7. The Balaban J connectivity index is 2.22. The minimum atomic E-state index is 0.482. The molecule has 100 valence electrons. The summed E-state index contributed by atoms with van der Waals surface area (Å²) in [7, 11) is 3.65. The van der Waals surface area contributed by atoms with Crippen LogP contribution in [0.25, 0.3) is 11.3 Å². The molecule has 0 aliphatic rings. The molecular formula is C16H20N2O. The first kappa shape index (κ1) is 13.6. The van der Waals surface area contributed by atoms with Crippen LogP contribution < -0.4 is 10.1 Å². The molecular weight excluding hydrogens is 236 g/mol. The van der Waals surface area contributed by atoms with Crippen LogP contribution in [0.5, 0.6) is 5.75 Å². The fourth-order valence-electron chi connectivity index (χ4n) is 2.03. The van der Waals surface area contributed by atoms with Gasteiger partial charge in [0.05, 0.1) is 7.11 Å². The number of hydrogen-bond donors (Lipinski definition) is 1. The highest BCUT2D eigenvalue weighted by Crippen LogP contribution is 2.27. The molecule has 1 N–H and O–H groups in total. The van der Waals surface area contributed by atoms with E-state index < -0.39 is 0 Å². The van der Waals surface area contributed by atoms with E-state index in [0.717, 1.165) is 23.4 Å². The smallest absolute Gasteiger partial charge is 0.145 e. The van der Waals surface area contributed by atoms with Crippen molar-refractivity contribution in [2.45, 2.75) is 19.4 Å². The number of hydrogen-bond acceptors (Lipinski definition) is 3. The van der Waals surface area contributed by atoms with Crippen molar-refractivity contribution in [3.05, 3.63) is 48.2 Å². The van der Waals surface area contributed by atoms with Crippen LogP contribution in [0.1, 0.15) is 12.5 Å². The summed E-state index contributed by atoms with van der Waals surface area (Å²) in [4.78, 5) is 4.39. The summed E-state index contributed by atoms with van der Waals surface area (Å²) >= 11 is 0. The average Bonchev–Trinajstić information content (AvgIpc) is 2.48. The van der Waals surface area contributed by atoms with E-state index in [1.54, 1.807) is 13.3 Å². The number of rotatable bonds is 5. The lowest BCUT2D eigenvalue weighted by Crippen LogP contribution is -2.23. The van der Waals surface area contributed by atoms with Crippen LogP contribution in [0.15, 0.2) is 42.6 Å². The standard InChI is InChI=1S/C16H20N2O/c1-12(17-2)11-13-6-8-14(9-7-13)16-15(19-3)5-4-10-18-16/h4-10,12,17H,11H2,1-3H3. The van der Waals surface area contributed by atoms with Crippen molar-refractivity contribution in [3.8, 4) is 17.0 Å². The van der Waals surface area contributed by atoms with Gasteiger partial charge in [-0.2, -0.15) is 0 Å². The first-order chi connectivity index (χ1) is 9.24. The van der Waals surface area contributed by atoms with E-state index >= 15 is 0 Å². The lowest BCUT2D eigenvalue weighted by atomic mass is 10.0. The van der Waals surface area contributed by atoms with E-state index in [1.165, 1.54) is 5.56 Å². The molecule has 0 amide bonds. The summed E-state index contributed by atoms with van der Waals surface area (Å²) in [5.74, 6) is 0.804. The summed E-state index contributed by atoms with van der Waals surface area (Å²) in [5, 5.41) is 3.25. The first-order valence-electron chi connectivity index (χ1n) is 6.50. The molecule has 0 fully saturated rings. The maximum Gasteiger partial charge on any atom is 0.145 e. The lowest BCUT2D eigenvalue weighted by molar-refractivity contribution is 0.415. The minimum absolute atomic E-state index is 0.482. The Morgan fingerprint density at radius 3 is 2.58 bits per heavy atom. The molecule has 1 atom stereocenters. The van der Waals surface area contributed by atoms with Gasteiger partial charge in [0.2, 0.25) is 0 Å². The third-order valence-corrected chi connectivity index (χ3v) is 3.25. The predicted octanol–water partition coefficient (Wildman–Crippen LogP) is 2.91. The molecule has 3 heteroatoms. The number of ether oxygens (including phenoxy) is 1. The van der Waals surface area contributed by atoms with Gasteiger partial charge in [-0.05, 0) is 38.1 Å². The Bertz CT molecular complexity index is 523. The summed E-state index contributed by atoms with van der Waals surface area (Å²) in [6.07, 6.45) is 2.81. The Labute approximate surface area is 114 Å². The van der Waals surface area contributed by atoms with Gasteiger partial charge in [-0.15, -0.1) is 0 Å². The molecule has 0 bridgehead atoms. The van der Waals surface area contributed by atoms with Gasteiger partial charge in [-0.1, -0.05) is 24.3 Å². The summed E-state index contributed by atoms with van der Waals surface area (Å²) in [6.45, 7) is 2.18. The van der Waals surface area contributed by atoms with E-state index in [2.05, 4.69) is 41.5 Å². The highest BCUT2D eigenvalue weighted by Gasteiger charge is 2.07. The molecule has 0 radical (unpaired) electrons. The number of nitrogens with zero attached hydrogens (tertiary/aromatic N) is 1. The largest absolute Gasteiger partial charge is 0.494 e. The molecule has 3 nitrogen and oxygen atoms in total. The molecule has 0 aliphatic heterocycles. The maximum absolute atomic E-state index is 5.34. The number of pyridine rings is 1. The monoisotopic (exact) mass is 256 g/mol. The van der Waals surface area contributed by atoms with Crippen LogP contribution >= 0.6 is 0 Å². The zero-order chi connectivity index (χ0) is 13.7. The fourth-order valence-corrected chi connectivity index (χ4v) is 2.03. The SMILES string of the molecule is CNC(C)Cc1ccc(-c2ncccc2OC)cc1. The number of benzene rings is 1. The van der Waals surface area contributed by atoms with Crippen molar-refractivity contribution in [1.29, 1.82) is 0 Å². The average molecular weight is 256 g/mol. The Kier molecular flexibility index (Phi) is 4.53. The van der Waals surface area contributed by atoms with Gasteiger partial charge in [0.1, 0.15) is 11.4 Å². The number of likely N-dealkylation sites (N-methyl/N-ethyl adjacent to an activating group) is 1. The molecule has 2 aromatic rings. The van der Waals surface area contributed by atoms with Crippen molar-refractivity contribution in [1.82, 2.24) is 10.3 Å². The van der Waals surface area contributed by atoms with Gasteiger partial charge >= 0.3 is 0 Å². The molecule has 0 aliphatic carbocycles. The van der Waals surface area contributed by atoms with Crippen molar-refractivity contribution in [2.24, 2.45) is 0 Å². The van der Waals surface area contributed by atoms with Crippen molar-refractivity contribution in [3.63, 3.8) is 0 Å².